The van der Waals surface area contributed by atoms with Crippen molar-refractivity contribution < 1.29 is 57.8 Å². The maximum Gasteiger partial charge on any atom is 0.324 e. The van der Waals surface area contributed by atoms with E-state index in [1.165, 1.54) is 14.0 Å². The first-order valence-electron chi connectivity index (χ1n) is 15.2. The van der Waals surface area contributed by atoms with E-state index in [1.54, 1.807) is 7.11 Å². The van der Waals surface area contributed by atoms with Crippen molar-refractivity contribution in [2.45, 2.75) is 114 Å². The first-order valence-corrected chi connectivity index (χ1v) is 17.8. The smallest absolute Gasteiger partial charge is 0.324 e. The maximum absolute atomic E-state index is 12.2. The summed E-state index contributed by atoms with van der Waals surface area (Å²) in [5, 5.41) is 35.2. The van der Waals surface area contributed by atoms with E-state index in [4.69, 9.17) is 47.6 Å². The van der Waals surface area contributed by atoms with Crippen LogP contribution in [0.25, 0.3) is 0 Å². The molecule has 2 unspecified atom stereocenters. The Balaban J connectivity index is 1.57. The van der Waals surface area contributed by atoms with Crippen LogP contribution in [0.3, 0.4) is 0 Å². The Morgan fingerprint density at radius 3 is 2.36 bits per heavy atom. The van der Waals surface area contributed by atoms with E-state index in [0.29, 0.717) is 25.8 Å². The average molecular weight is 669 g/mol. The summed E-state index contributed by atoms with van der Waals surface area (Å²) < 4.78 is 32.8. The minimum atomic E-state index is -3.38. The van der Waals surface area contributed by atoms with Gasteiger partial charge in [-0.3, -0.25) is 9.59 Å². The molecule has 14 nitrogen and oxygen atoms in total. The van der Waals surface area contributed by atoms with Gasteiger partial charge in [0.2, 0.25) is 11.8 Å². The number of unbranched alkanes of at least 4 members (excludes halogenated alkanes) is 5. The molecule has 2 aliphatic rings. The summed E-state index contributed by atoms with van der Waals surface area (Å²) in [5.74, 6) is -0.620. The largest absolute Gasteiger partial charge is 0.394 e. The Bertz CT molecular complexity index is 911. The molecule has 0 bridgehead atoms. The van der Waals surface area contributed by atoms with Crippen LogP contribution in [0, 0.1) is 5.92 Å². The second-order valence-corrected chi connectivity index (χ2v) is 14.0. The lowest BCUT2D eigenvalue weighted by Crippen LogP contribution is -2.64. The van der Waals surface area contributed by atoms with Crippen molar-refractivity contribution >= 4 is 38.2 Å². The zero-order chi connectivity index (χ0) is 32.7. The summed E-state index contributed by atoms with van der Waals surface area (Å²) in [6.07, 6.45) is 1.09. The van der Waals surface area contributed by atoms with Crippen LogP contribution >= 0.6 is 6.72 Å². The van der Waals surface area contributed by atoms with Gasteiger partial charge < -0.3 is 58.8 Å². The van der Waals surface area contributed by atoms with Gasteiger partial charge in [-0.2, -0.15) is 0 Å². The number of carbonyl (C=O) groups is 2. The zero-order valence-corrected chi connectivity index (χ0v) is 27.6. The predicted octanol–water partition coefficient (Wildman–Crippen LogP) is -0.0218. The molecule has 10 atom stereocenters. The van der Waals surface area contributed by atoms with Crippen molar-refractivity contribution in [1.29, 1.82) is 0 Å². The highest BCUT2D eigenvalue weighted by Gasteiger charge is 2.46. The van der Waals surface area contributed by atoms with E-state index in [-0.39, 0.29) is 25.0 Å². The van der Waals surface area contributed by atoms with Gasteiger partial charge in [-0.05, 0) is 37.5 Å². The zero-order valence-electron chi connectivity index (χ0n) is 25.9. The van der Waals surface area contributed by atoms with Gasteiger partial charge in [0.1, 0.15) is 44.4 Å². The van der Waals surface area contributed by atoms with E-state index in [0.717, 1.165) is 38.5 Å². The lowest BCUT2D eigenvalue weighted by atomic mass is 9.81. The molecule has 0 aromatic heterocycles. The van der Waals surface area contributed by atoms with Crippen molar-refractivity contribution in [2.24, 2.45) is 5.92 Å². The Hall–Kier alpha value is -0.745. The van der Waals surface area contributed by atoms with E-state index in [9.17, 15) is 29.8 Å². The third-order valence-corrected chi connectivity index (χ3v) is 9.40. The van der Waals surface area contributed by atoms with Gasteiger partial charge in [0, 0.05) is 52.6 Å². The van der Waals surface area contributed by atoms with Crippen molar-refractivity contribution in [1.82, 2.24) is 10.6 Å². The number of hydrogen-bond acceptors (Lipinski definition) is 12. The number of aliphatic hydroxyl groups is 3. The highest BCUT2D eigenvalue weighted by atomic mass is 32.5. The summed E-state index contributed by atoms with van der Waals surface area (Å²) in [6, 6.07) is -1.53. The normalized spacial score (nSPS) is 31.8. The van der Waals surface area contributed by atoms with Crippen molar-refractivity contribution in [2.75, 3.05) is 40.6 Å². The van der Waals surface area contributed by atoms with E-state index < -0.39 is 68.1 Å². The molecule has 254 valence electrons. The van der Waals surface area contributed by atoms with Gasteiger partial charge in [-0.25, -0.2) is 0 Å². The monoisotopic (exact) mass is 668 g/mol. The second kappa shape index (κ2) is 20.5. The lowest BCUT2D eigenvalue weighted by Gasteiger charge is -2.42. The quantitative estimate of drug-likeness (QED) is 0.0544. The molecule has 2 radical (unpaired) electrons. The fraction of sp³-hybridized carbons (Fsp3) is 0.926. The third kappa shape index (κ3) is 13.2. The molecular weight excluding hydrogens is 618 g/mol. The molecule has 2 fully saturated rings. The van der Waals surface area contributed by atoms with E-state index >= 15 is 0 Å². The van der Waals surface area contributed by atoms with Gasteiger partial charge in [0.05, 0.1) is 13.2 Å². The minimum Gasteiger partial charge on any atom is -0.394 e. The van der Waals surface area contributed by atoms with Crippen molar-refractivity contribution in [3.8, 4) is 0 Å². The highest BCUT2D eigenvalue weighted by molar-refractivity contribution is 8.07. The molecule has 0 aromatic carbocycles. The number of amides is 2. The van der Waals surface area contributed by atoms with Crippen LogP contribution in [-0.4, -0.2) is 129 Å². The molecule has 0 spiro atoms. The molecule has 6 N–H and O–H groups in total. The molecule has 2 aliphatic heterocycles. The fourth-order valence-electron chi connectivity index (χ4n) is 5.36. The molecule has 44 heavy (non-hydrogen) atoms. The number of carbonyl (C=O) groups excluding carboxylic acids is 2. The summed E-state index contributed by atoms with van der Waals surface area (Å²) in [5.41, 5.74) is 0. The molecule has 17 heteroatoms. The Morgan fingerprint density at radius 2 is 1.70 bits per heavy atom. The molecule has 0 aliphatic carbocycles. The minimum absolute atomic E-state index is 0.0543. The molecule has 2 rings (SSSR count). The molecule has 2 saturated heterocycles. The van der Waals surface area contributed by atoms with E-state index in [1.807, 2.05) is 0 Å². The molecule has 0 saturated carbocycles. The van der Waals surface area contributed by atoms with Crippen LogP contribution < -0.4 is 10.6 Å². The lowest BCUT2D eigenvalue weighted by molar-refractivity contribution is -0.270. The molecule has 0 aromatic rings. The van der Waals surface area contributed by atoms with Crippen LogP contribution in [-0.2, 0) is 49.4 Å². The number of aliphatic hydroxyl groups excluding tert-OH is 3. The van der Waals surface area contributed by atoms with Gasteiger partial charge in [-0.1, -0.05) is 25.7 Å². The number of ether oxygens (including phenoxy) is 4. The van der Waals surface area contributed by atoms with Crippen LogP contribution in [0.15, 0.2) is 0 Å². The van der Waals surface area contributed by atoms with Gasteiger partial charge in [-0.15, -0.1) is 0 Å². The average Bonchev–Trinajstić information content (AvgIpc) is 3.25. The Labute approximate surface area is 266 Å². The summed E-state index contributed by atoms with van der Waals surface area (Å²) in [4.78, 5) is 33.8. The van der Waals surface area contributed by atoms with Gasteiger partial charge >= 0.3 is 6.72 Å². The standard InChI is InChI=1S/C27H50BN2O12PS/c1-17(32)30-22-24(35)23(34)19(15-31)41-27(22)39-14-10-8-12-21(33)29-13-9-6-4-5-7-11-18-25(42-43(36,44)38-3)20(16-37-2)40-26(18)28/h18-20,22-27,31,34-35H,4-16H2,1-3H3,(H,29,33)(H,30,32)(H,36,44)/t18?,19-,20-,22-,23+,24-,25-,26-,27-,43?/m1/s1. The maximum atomic E-state index is 12.2. The Morgan fingerprint density at radius 1 is 1.00 bits per heavy atom. The number of hydrogen-bond donors (Lipinski definition) is 6. The highest BCUT2D eigenvalue weighted by Crippen LogP contribution is 2.48. The summed E-state index contributed by atoms with van der Waals surface area (Å²) in [6.45, 7) is -1.57. The first kappa shape index (κ1) is 39.4. The second-order valence-electron chi connectivity index (χ2n) is 11.1. The SMILES string of the molecule is [B][C@@H]1O[C@H](COC)[C@H](OP(O)(=S)OC)C1CCCCCCCNC(=O)CCCCO[C@@H]1O[C@H](CO)[C@H](O)[C@H](O)[C@H]1NC(C)=O. The van der Waals surface area contributed by atoms with Crippen molar-refractivity contribution in [3.63, 3.8) is 0 Å². The summed E-state index contributed by atoms with van der Waals surface area (Å²) >= 11 is 5.02. The fourth-order valence-corrected chi connectivity index (χ4v) is 6.35. The number of nitrogens with one attached hydrogen (secondary N) is 2. The topological polar surface area (TPSA) is 194 Å². The number of methoxy groups -OCH3 is 1. The third-order valence-electron chi connectivity index (χ3n) is 7.73. The predicted molar refractivity (Wildman–Crippen MR) is 164 cm³/mol. The van der Waals surface area contributed by atoms with Gasteiger partial charge in [0.15, 0.2) is 6.29 Å². The van der Waals surface area contributed by atoms with Crippen molar-refractivity contribution in [3.05, 3.63) is 0 Å². The Kier molecular flexibility index (Phi) is 18.4. The van der Waals surface area contributed by atoms with Gasteiger partial charge in [0.25, 0.3) is 0 Å². The van der Waals surface area contributed by atoms with Crippen LogP contribution in [0.1, 0.15) is 64.7 Å². The van der Waals surface area contributed by atoms with E-state index in [2.05, 4.69) is 10.6 Å². The molecule has 2 amide bonds. The van der Waals surface area contributed by atoms with Crippen LogP contribution in [0.4, 0.5) is 0 Å². The molecular formula is C27H50BN2O12PS. The molecule has 2 heterocycles. The van der Waals surface area contributed by atoms with Crippen LogP contribution in [0.5, 0.6) is 0 Å². The summed E-state index contributed by atoms with van der Waals surface area (Å²) in [7, 11) is 9.06. The number of rotatable bonds is 21. The first-order chi connectivity index (χ1) is 20.9. The van der Waals surface area contributed by atoms with Crippen LogP contribution in [0.2, 0.25) is 0 Å².